The van der Waals surface area contributed by atoms with Crippen LogP contribution in [0.2, 0.25) is 0 Å². The quantitative estimate of drug-likeness (QED) is 0.179. The number of hydrogen-bond donors (Lipinski definition) is 7. The summed E-state index contributed by atoms with van der Waals surface area (Å²) in [6, 6.07) is 0. The number of hydrogen-bond acceptors (Lipinski definition) is 9. The van der Waals surface area contributed by atoms with Gasteiger partial charge in [0.15, 0.2) is 0 Å². The highest BCUT2D eigenvalue weighted by Gasteiger charge is 2.40. The van der Waals surface area contributed by atoms with Gasteiger partial charge in [0, 0.05) is 11.2 Å². The maximum Gasteiger partial charge on any atom is 0.480 e. The Labute approximate surface area is 144 Å². The molecule has 7 N–H and O–H groups in total. The minimum Gasteiger partial charge on any atom is -0.396 e. The summed E-state index contributed by atoms with van der Waals surface area (Å²) in [6.45, 7) is -9.71. The van der Waals surface area contributed by atoms with Crippen LogP contribution < -0.4 is 0 Å². The molecule has 0 fully saturated rings. The highest BCUT2D eigenvalue weighted by molar-refractivity contribution is 7.84. The molecule has 0 heterocycles. The predicted molar refractivity (Wildman–Crippen MR) is 78.1 cm³/mol. The van der Waals surface area contributed by atoms with Gasteiger partial charge in [-0.2, -0.15) is 4.31 Å². The van der Waals surface area contributed by atoms with Crippen LogP contribution in [0.4, 0.5) is 0 Å². The molecule has 0 aromatic rings. The highest BCUT2D eigenvalue weighted by Crippen LogP contribution is 2.63. The zero-order valence-corrected chi connectivity index (χ0v) is 16.2. The summed E-state index contributed by atoms with van der Waals surface area (Å²) in [6.07, 6.45) is 0. The molecule has 0 aliphatic carbocycles. The van der Waals surface area contributed by atoms with Crippen LogP contribution in [0.15, 0.2) is 0 Å². The molecule has 20 heteroatoms. The van der Waals surface area contributed by atoms with E-state index in [1.165, 1.54) is 0 Å². The minimum absolute atomic E-state index is 1.16. The highest BCUT2D eigenvalue weighted by atomic mass is 35.7. The number of phosphoric acid groups is 3. The van der Waals surface area contributed by atoms with Crippen LogP contribution in [0.25, 0.3) is 0 Å². The van der Waals surface area contributed by atoms with Crippen LogP contribution in [0.5, 0.6) is 0 Å². The molecular weight excluding hydrogens is 459 g/mol. The lowest BCUT2D eigenvalue weighted by Crippen LogP contribution is -2.40. The summed E-state index contributed by atoms with van der Waals surface area (Å²) in [5, 5.41) is 9.31. The maximum atomic E-state index is 11.4. The molecule has 25 heavy (non-hydrogen) atoms. The Kier molecular flexibility index (Phi) is 9.60. The number of rotatable bonds is 12. The molecule has 0 aliphatic rings. The molecule has 0 aromatic heterocycles. The van der Waals surface area contributed by atoms with Crippen molar-refractivity contribution in [3.8, 4) is 0 Å². The summed E-state index contributed by atoms with van der Waals surface area (Å²) in [5.74, 6) is 0. The molecule has 0 saturated heterocycles. The van der Waals surface area contributed by atoms with Crippen LogP contribution in [0.3, 0.4) is 0 Å². The lowest BCUT2D eigenvalue weighted by atomic mass is 9.93. The lowest BCUT2D eigenvalue weighted by Gasteiger charge is -2.31. The van der Waals surface area contributed by atoms with Crippen LogP contribution >= 0.6 is 41.7 Å². The van der Waals surface area contributed by atoms with E-state index in [0.717, 1.165) is 0 Å². The van der Waals surface area contributed by atoms with Crippen molar-refractivity contribution in [2.45, 2.75) is 0 Å². The van der Waals surface area contributed by atoms with Crippen molar-refractivity contribution < 1.29 is 70.6 Å². The first-order valence-electron chi connectivity index (χ1n) is 5.61. The molecule has 0 aromatic carbocycles. The fourth-order valence-corrected chi connectivity index (χ4v) is 4.30. The van der Waals surface area contributed by atoms with Crippen molar-refractivity contribution >= 4 is 41.7 Å². The first-order chi connectivity index (χ1) is 10.9. The fourth-order valence-electron chi connectivity index (χ4n) is 1.07. The van der Waals surface area contributed by atoms with Crippen molar-refractivity contribution in [2.24, 2.45) is 5.41 Å². The first kappa shape index (κ1) is 25.8. The summed E-state index contributed by atoms with van der Waals surface area (Å²) in [5.41, 5.74) is -2.18. The second-order valence-electron chi connectivity index (χ2n) is 4.46. The predicted octanol–water partition coefficient (Wildman–Crippen LogP) is -0.344. The van der Waals surface area contributed by atoms with E-state index in [9.17, 15) is 28.3 Å². The van der Waals surface area contributed by atoms with E-state index in [0.29, 0.717) is 0 Å². The molecule has 2 atom stereocenters. The largest absolute Gasteiger partial charge is 0.480 e. The molecule has 0 saturated carbocycles. The molecular formula is C5H15ClO15P4. The van der Waals surface area contributed by atoms with Crippen molar-refractivity contribution in [1.82, 2.24) is 0 Å². The van der Waals surface area contributed by atoms with Gasteiger partial charge in [0.05, 0.1) is 31.8 Å². The summed E-state index contributed by atoms with van der Waals surface area (Å²) >= 11 is 4.72. The third kappa shape index (κ3) is 13.6. The van der Waals surface area contributed by atoms with Crippen molar-refractivity contribution in [2.75, 3.05) is 26.4 Å². The van der Waals surface area contributed by atoms with E-state index in [4.69, 9.17) is 35.7 Å². The zero-order valence-electron chi connectivity index (χ0n) is 11.9. The molecule has 0 aliphatic heterocycles. The summed E-state index contributed by atoms with van der Waals surface area (Å²) in [4.78, 5) is 52.4. The van der Waals surface area contributed by atoms with Crippen LogP contribution in [0.1, 0.15) is 0 Å². The molecule has 0 radical (unpaired) electrons. The van der Waals surface area contributed by atoms with Crippen LogP contribution in [0, 0.1) is 5.41 Å². The normalized spacial score (nSPS) is 18.6. The Hall–Kier alpha value is 0.770. The van der Waals surface area contributed by atoms with Gasteiger partial charge < -0.3 is 34.5 Å². The van der Waals surface area contributed by atoms with Gasteiger partial charge in [-0.1, -0.05) is 0 Å². The Morgan fingerprint density at radius 1 is 0.760 bits per heavy atom. The van der Waals surface area contributed by atoms with Gasteiger partial charge in [0.1, 0.15) is 0 Å². The standard InChI is InChI=1S/C5H15ClO15P4/c6-22(8,9)21-25(16,17)20-4-5(1-7,2-18-23(10,11)12)3-19-24(13,14)15/h7H,1-4H2,(H,8,9)(H,16,17)(H2,10,11,12)(H2,13,14,15). The van der Waals surface area contributed by atoms with Crippen LogP contribution in [-0.2, 0) is 36.1 Å². The zero-order chi connectivity index (χ0) is 20.2. The van der Waals surface area contributed by atoms with Gasteiger partial charge in [-0.3, -0.25) is 13.6 Å². The van der Waals surface area contributed by atoms with E-state index in [1.807, 2.05) is 0 Å². The van der Waals surface area contributed by atoms with Crippen molar-refractivity contribution in [3.63, 3.8) is 0 Å². The van der Waals surface area contributed by atoms with E-state index in [-0.39, 0.29) is 0 Å². The van der Waals surface area contributed by atoms with Crippen molar-refractivity contribution in [3.05, 3.63) is 0 Å². The fraction of sp³-hybridized carbons (Fsp3) is 1.00. The molecule has 152 valence electrons. The molecule has 15 nitrogen and oxygen atoms in total. The second kappa shape index (κ2) is 9.31. The van der Waals surface area contributed by atoms with Gasteiger partial charge in [-0.15, -0.1) is 0 Å². The third-order valence-electron chi connectivity index (χ3n) is 2.15. The van der Waals surface area contributed by atoms with E-state index in [1.54, 1.807) is 0 Å². The minimum atomic E-state index is -5.31. The van der Waals surface area contributed by atoms with Gasteiger partial charge in [-0.25, -0.2) is 18.3 Å². The first-order valence-corrected chi connectivity index (χ1v) is 12.6. The van der Waals surface area contributed by atoms with E-state index >= 15 is 0 Å². The summed E-state index contributed by atoms with van der Waals surface area (Å²) in [7, 11) is -15.6. The molecule has 0 bridgehead atoms. The molecule has 0 amide bonds. The average Bonchev–Trinajstić information content (AvgIpc) is 2.33. The second-order valence-corrected chi connectivity index (χ2v) is 11.0. The van der Waals surface area contributed by atoms with Gasteiger partial charge in [0.25, 0.3) is 0 Å². The number of halogens is 1. The van der Waals surface area contributed by atoms with E-state index < -0.39 is 62.3 Å². The third-order valence-corrected chi connectivity index (χ3v) is 5.72. The Morgan fingerprint density at radius 2 is 1.12 bits per heavy atom. The molecule has 0 rings (SSSR count). The van der Waals surface area contributed by atoms with Gasteiger partial charge >= 0.3 is 30.4 Å². The Balaban J connectivity index is 5.27. The molecule has 2 unspecified atom stereocenters. The van der Waals surface area contributed by atoms with Crippen LogP contribution in [-0.4, -0.2) is 60.9 Å². The number of phosphoric ester groups is 3. The Morgan fingerprint density at radius 3 is 1.40 bits per heavy atom. The SMILES string of the molecule is O=P(O)(O)OCC(CO)(COP(=O)(O)O)COP(=O)(O)OP(=O)(O)Cl. The van der Waals surface area contributed by atoms with Gasteiger partial charge in [0.2, 0.25) is 0 Å². The maximum absolute atomic E-state index is 11.4. The lowest BCUT2D eigenvalue weighted by molar-refractivity contribution is -0.0292. The number of aliphatic hydroxyl groups is 1. The average molecular weight is 475 g/mol. The smallest absolute Gasteiger partial charge is 0.396 e. The van der Waals surface area contributed by atoms with Crippen molar-refractivity contribution in [1.29, 1.82) is 0 Å². The number of aliphatic hydroxyl groups excluding tert-OH is 1. The van der Waals surface area contributed by atoms with Gasteiger partial charge in [-0.05, 0) is 0 Å². The monoisotopic (exact) mass is 474 g/mol. The van der Waals surface area contributed by atoms with E-state index in [2.05, 4.69) is 17.9 Å². The molecule has 0 spiro atoms. The topological polar surface area (TPSA) is 247 Å². The summed E-state index contributed by atoms with van der Waals surface area (Å²) < 4.78 is 59.6. The Bertz CT molecular complexity index is 589.